The van der Waals surface area contributed by atoms with E-state index in [9.17, 15) is 31.1 Å². The van der Waals surface area contributed by atoms with Crippen LogP contribution in [-0.2, 0) is 12.4 Å². The number of aromatic nitrogens is 5. The lowest BCUT2D eigenvalue weighted by atomic mass is 10.1. The van der Waals surface area contributed by atoms with Gasteiger partial charge in [-0.05, 0) is 24.3 Å². The molecule has 8 nitrogen and oxygen atoms in total. The van der Waals surface area contributed by atoms with E-state index in [-0.39, 0.29) is 17.3 Å². The molecule has 0 aliphatic heterocycles. The Hall–Kier alpha value is -4.36. The van der Waals surface area contributed by atoms with Gasteiger partial charge in [0.2, 0.25) is 11.9 Å². The molecule has 1 amide bonds. The first kappa shape index (κ1) is 22.8. The summed E-state index contributed by atoms with van der Waals surface area (Å²) >= 11 is 0. The Bertz CT molecular complexity index is 1390. The maximum atomic E-state index is 13.6. The molecule has 0 fully saturated rings. The van der Waals surface area contributed by atoms with E-state index in [0.29, 0.717) is 29.5 Å². The Morgan fingerprint density at radius 1 is 0.882 bits per heavy atom. The van der Waals surface area contributed by atoms with Crippen LogP contribution in [0, 0.1) is 0 Å². The molecule has 34 heavy (non-hydrogen) atoms. The van der Waals surface area contributed by atoms with Crippen molar-refractivity contribution < 1.29 is 31.1 Å². The molecule has 0 saturated heterocycles. The fraction of sp³-hybridized carbons (Fsp3) is 0.100. The van der Waals surface area contributed by atoms with Gasteiger partial charge in [-0.25, -0.2) is 19.9 Å². The zero-order valence-corrected chi connectivity index (χ0v) is 16.6. The predicted octanol–water partition coefficient (Wildman–Crippen LogP) is 4.36. The van der Waals surface area contributed by atoms with E-state index in [1.54, 1.807) is 0 Å². The summed E-state index contributed by atoms with van der Waals surface area (Å²) in [7, 11) is 0. The second-order valence-electron chi connectivity index (χ2n) is 6.83. The van der Waals surface area contributed by atoms with E-state index < -0.39 is 40.6 Å². The number of hydrogen-bond donors (Lipinski definition) is 2. The van der Waals surface area contributed by atoms with E-state index >= 15 is 0 Å². The van der Waals surface area contributed by atoms with Gasteiger partial charge in [-0.15, -0.1) is 0 Å². The largest absolute Gasteiger partial charge is 0.419 e. The molecule has 0 aromatic carbocycles. The lowest BCUT2D eigenvalue weighted by Crippen LogP contribution is -2.16. The number of fused-ring (bicyclic) bond motifs is 1. The fourth-order valence-corrected chi connectivity index (χ4v) is 2.95. The highest BCUT2D eigenvalue weighted by Crippen LogP contribution is 2.36. The normalized spacial score (nSPS) is 12.1. The Kier molecular flexibility index (Phi) is 5.51. The number of hydrogen-bond acceptors (Lipinski definition) is 7. The molecule has 4 aromatic rings. The number of primary amides is 1. The van der Waals surface area contributed by atoms with Crippen LogP contribution in [0.2, 0.25) is 0 Å². The molecule has 4 heterocycles. The molecule has 0 radical (unpaired) electrons. The summed E-state index contributed by atoms with van der Waals surface area (Å²) < 4.78 is 78.8. The number of nitrogens with one attached hydrogen (secondary N) is 1. The number of rotatable bonds is 4. The highest BCUT2D eigenvalue weighted by atomic mass is 19.4. The maximum Gasteiger partial charge on any atom is 0.419 e. The van der Waals surface area contributed by atoms with Crippen LogP contribution in [0.1, 0.15) is 21.5 Å². The minimum Gasteiger partial charge on any atom is -0.366 e. The van der Waals surface area contributed by atoms with Crippen LogP contribution < -0.4 is 11.1 Å². The minimum atomic E-state index is -4.85. The third-order valence-electron chi connectivity index (χ3n) is 4.55. The van der Waals surface area contributed by atoms with Gasteiger partial charge in [-0.2, -0.15) is 26.3 Å². The Morgan fingerprint density at radius 3 is 2.21 bits per heavy atom. The van der Waals surface area contributed by atoms with E-state index in [4.69, 9.17) is 5.73 Å². The van der Waals surface area contributed by atoms with E-state index in [2.05, 4.69) is 30.2 Å². The summed E-state index contributed by atoms with van der Waals surface area (Å²) in [5, 5.41) is 3.05. The molecule has 4 rings (SSSR count). The minimum absolute atomic E-state index is 0.0170. The van der Waals surface area contributed by atoms with Gasteiger partial charge in [0.05, 0.1) is 28.1 Å². The first-order chi connectivity index (χ1) is 15.9. The molecule has 0 unspecified atom stereocenters. The highest BCUT2D eigenvalue weighted by Gasteiger charge is 2.36. The number of alkyl halides is 6. The van der Waals surface area contributed by atoms with Gasteiger partial charge in [0.25, 0.3) is 0 Å². The van der Waals surface area contributed by atoms with Gasteiger partial charge in [-0.3, -0.25) is 9.78 Å². The van der Waals surface area contributed by atoms with Crippen molar-refractivity contribution in [1.82, 2.24) is 24.9 Å². The van der Waals surface area contributed by atoms with Crippen LogP contribution in [0.4, 0.5) is 38.0 Å². The van der Waals surface area contributed by atoms with Crippen LogP contribution >= 0.6 is 0 Å². The number of nitrogens with zero attached hydrogens (tertiary/aromatic N) is 5. The summed E-state index contributed by atoms with van der Waals surface area (Å²) in [5.74, 6) is -1.22. The summed E-state index contributed by atoms with van der Waals surface area (Å²) in [6.45, 7) is 0. The SMILES string of the molecule is NC(=O)c1cnc(-c2ccc3c(Nc4ncc(C(F)(F)F)cn4)ccnc3n2)c(C(F)(F)F)c1. The Morgan fingerprint density at radius 2 is 1.59 bits per heavy atom. The monoisotopic (exact) mass is 479 g/mol. The van der Waals surface area contributed by atoms with Gasteiger partial charge >= 0.3 is 12.4 Å². The van der Waals surface area contributed by atoms with Crippen LogP contribution in [0.25, 0.3) is 22.4 Å². The van der Waals surface area contributed by atoms with E-state index in [1.807, 2.05) is 0 Å². The van der Waals surface area contributed by atoms with Crippen LogP contribution in [0.3, 0.4) is 0 Å². The third-order valence-corrected chi connectivity index (χ3v) is 4.55. The van der Waals surface area contributed by atoms with Crippen molar-refractivity contribution in [3.05, 3.63) is 65.7 Å². The summed E-state index contributed by atoms with van der Waals surface area (Å²) in [4.78, 5) is 30.4. The summed E-state index contributed by atoms with van der Waals surface area (Å²) in [6, 6.07) is 4.71. The van der Waals surface area contributed by atoms with Gasteiger partial charge in [-0.1, -0.05) is 0 Å². The molecular formula is C20H11F6N7O. The molecule has 0 spiro atoms. The molecule has 4 aromatic heterocycles. The number of amides is 1. The average molecular weight is 479 g/mol. The van der Waals surface area contributed by atoms with Crippen molar-refractivity contribution in [3.8, 4) is 11.4 Å². The fourth-order valence-electron chi connectivity index (χ4n) is 2.95. The van der Waals surface area contributed by atoms with Crippen molar-refractivity contribution in [2.75, 3.05) is 5.32 Å². The molecule has 0 aliphatic rings. The number of nitrogens with two attached hydrogens (primary N) is 1. The third kappa shape index (κ3) is 4.55. The predicted molar refractivity (Wildman–Crippen MR) is 107 cm³/mol. The quantitative estimate of drug-likeness (QED) is 0.418. The molecule has 3 N–H and O–H groups in total. The van der Waals surface area contributed by atoms with E-state index in [0.717, 1.165) is 6.20 Å². The van der Waals surface area contributed by atoms with Crippen LogP contribution in [0.5, 0.6) is 0 Å². The van der Waals surface area contributed by atoms with Crippen molar-refractivity contribution >= 4 is 28.6 Å². The molecular weight excluding hydrogens is 468 g/mol. The van der Waals surface area contributed by atoms with Gasteiger partial charge in [0.1, 0.15) is 5.69 Å². The molecule has 14 heteroatoms. The number of halogens is 6. The molecule has 0 atom stereocenters. The first-order valence-electron chi connectivity index (χ1n) is 9.23. The zero-order valence-electron chi connectivity index (χ0n) is 16.6. The zero-order chi connectivity index (χ0) is 24.7. The number of pyridine rings is 3. The second-order valence-corrected chi connectivity index (χ2v) is 6.83. The topological polar surface area (TPSA) is 120 Å². The smallest absolute Gasteiger partial charge is 0.366 e. The van der Waals surface area contributed by atoms with E-state index in [1.165, 1.54) is 24.4 Å². The van der Waals surface area contributed by atoms with Crippen molar-refractivity contribution in [1.29, 1.82) is 0 Å². The van der Waals surface area contributed by atoms with Gasteiger partial charge in [0.15, 0.2) is 5.65 Å². The Labute approximate surface area is 185 Å². The lowest BCUT2D eigenvalue weighted by molar-refractivity contribution is -0.138. The summed E-state index contributed by atoms with van der Waals surface area (Å²) in [6.07, 6.45) is -6.03. The van der Waals surface area contributed by atoms with Crippen molar-refractivity contribution in [3.63, 3.8) is 0 Å². The number of carbonyl (C=O) groups excluding carboxylic acids is 1. The van der Waals surface area contributed by atoms with Gasteiger partial charge in [0, 0.05) is 30.2 Å². The second kappa shape index (κ2) is 8.20. The molecule has 0 bridgehead atoms. The maximum absolute atomic E-state index is 13.6. The molecule has 174 valence electrons. The van der Waals surface area contributed by atoms with Gasteiger partial charge < -0.3 is 11.1 Å². The Balaban J connectivity index is 1.73. The standard InChI is InChI=1S/C20H11F6N7O/c21-19(22,23)10-7-30-18(31-8-10)33-13-3-4-28-17-11(13)1-2-14(32-17)15-12(20(24,25)26)5-9(6-29-15)16(27)34/h1-8H,(H2,27,34)(H,28,30,31,32,33). The van der Waals surface area contributed by atoms with Crippen molar-refractivity contribution in [2.45, 2.75) is 12.4 Å². The molecule has 0 aliphatic carbocycles. The number of carbonyl (C=O) groups is 1. The van der Waals surface area contributed by atoms with Crippen LogP contribution in [-0.4, -0.2) is 30.8 Å². The average Bonchev–Trinajstić information content (AvgIpc) is 2.77. The van der Waals surface area contributed by atoms with Crippen molar-refractivity contribution in [2.24, 2.45) is 5.73 Å². The summed E-state index contributed by atoms with van der Waals surface area (Å²) in [5.41, 5.74) is 2.01. The highest BCUT2D eigenvalue weighted by molar-refractivity contribution is 5.94. The molecule has 0 saturated carbocycles. The lowest BCUT2D eigenvalue weighted by Gasteiger charge is -2.13. The first-order valence-corrected chi connectivity index (χ1v) is 9.23. The number of anilines is 2. The van der Waals surface area contributed by atoms with Crippen LogP contribution in [0.15, 0.2) is 49.1 Å².